The number of nitrogens with one attached hydrogen (secondary N) is 2. The number of rotatable bonds is 2. The van der Waals surface area contributed by atoms with Crippen LogP contribution < -0.4 is 10.9 Å². The molecule has 4 heterocycles. The van der Waals surface area contributed by atoms with Gasteiger partial charge in [-0.05, 0) is 12.1 Å². The Hall–Kier alpha value is -1.67. The Morgan fingerprint density at radius 2 is 2.05 bits per heavy atom. The van der Waals surface area contributed by atoms with E-state index in [2.05, 4.69) is 31.1 Å². The highest BCUT2D eigenvalue weighted by Crippen LogP contribution is 2.30. The van der Waals surface area contributed by atoms with Gasteiger partial charge in [-0.1, -0.05) is 0 Å². The van der Waals surface area contributed by atoms with Crippen molar-refractivity contribution in [1.82, 2.24) is 25.7 Å². The first-order chi connectivity index (χ1) is 9.92. The number of hydrazine groups is 1. The average molecular weight is 357 g/mol. The summed E-state index contributed by atoms with van der Waals surface area (Å²) in [4.78, 5) is 15.1. The summed E-state index contributed by atoms with van der Waals surface area (Å²) in [5.41, 5.74) is 8.48. The standard InChI is InChI=1S/C13H12N6S.2ClH/c1-3-14-4-2-9(1)13-16-10(8-20-13)12-18-17-11-7-15-5-6-19(11)12;;/h1-5,7-8,12,17-18H,6H2;2*1H. The largest absolute Gasteiger partial charge is 0.328 e. The smallest absolute Gasteiger partial charge is 0.142 e. The van der Waals surface area contributed by atoms with Crippen molar-refractivity contribution in [3.8, 4) is 10.6 Å². The number of fused-ring (bicyclic) bond motifs is 1. The summed E-state index contributed by atoms with van der Waals surface area (Å²) in [5.74, 6) is 0.982. The molecule has 116 valence electrons. The van der Waals surface area contributed by atoms with E-state index in [9.17, 15) is 0 Å². The summed E-state index contributed by atoms with van der Waals surface area (Å²) >= 11 is 1.64. The molecule has 1 atom stereocenters. The summed E-state index contributed by atoms with van der Waals surface area (Å²) in [5, 5.41) is 3.09. The van der Waals surface area contributed by atoms with Crippen LogP contribution in [0.5, 0.6) is 0 Å². The zero-order valence-corrected chi connectivity index (χ0v) is 13.8. The van der Waals surface area contributed by atoms with Crippen molar-refractivity contribution in [2.75, 3.05) is 6.54 Å². The van der Waals surface area contributed by atoms with E-state index in [1.807, 2.05) is 24.5 Å². The molecule has 0 radical (unpaired) electrons. The Morgan fingerprint density at radius 3 is 2.86 bits per heavy atom. The molecule has 2 aliphatic heterocycles. The number of hydrogen-bond donors (Lipinski definition) is 2. The third-order valence-corrected chi connectivity index (χ3v) is 4.18. The van der Waals surface area contributed by atoms with Gasteiger partial charge in [0.2, 0.25) is 0 Å². The van der Waals surface area contributed by atoms with E-state index in [0.717, 1.165) is 28.6 Å². The van der Waals surface area contributed by atoms with Gasteiger partial charge in [-0.3, -0.25) is 9.98 Å². The van der Waals surface area contributed by atoms with Gasteiger partial charge in [0.15, 0.2) is 0 Å². The number of aromatic nitrogens is 2. The highest BCUT2D eigenvalue weighted by Gasteiger charge is 2.31. The molecular formula is C13H14Cl2N6S. The Kier molecular flexibility index (Phi) is 5.36. The molecule has 0 saturated carbocycles. The van der Waals surface area contributed by atoms with Crippen LogP contribution in [0, 0.1) is 0 Å². The summed E-state index contributed by atoms with van der Waals surface area (Å²) < 4.78 is 0. The molecule has 2 aromatic rings. The summed E-state index contributed by atoms with van der Waals surface area (Å²) in [7, 11) is 0. The highest BCUT2D eigenvalue weighted by molar-refractivity contribution is 7.13. The van der Waals surface area contributed by atoms with Gasteiger partial charge in [0.05, 0.1) is 18.4 Å². The van der Waals surface area contributed by atoms with Gasteiger partial charge in [-0.2, -0.15) is 0 Å². The van der Waals surface area contributed by atoms with Crippen molar-refractivity contribution < 1.29 is 0 Å². The van der Waals surface area contributed by atoms with Gasteiger partial charge in [0.25, 0.3) is 0 Å². The van der Waals surface area contributed by atoms with Crippen molar-refractivity contribution in [2.45, 2.75) is 6.17 Å². The summed E-state index contributed by atoms with van der Waals surface area (Å²) in [6.07, 6.45) is 7.31. The van der Waals surface area contributed by atoms with E-state index in [1.54, 1.807) is 23.7 Å². The van der Waals surface area contributed by atoms with E-state index >= 15 is 0 Å². The Morgan fingerprint density at radius 1 is 1.23 bits per heavy atom. The van der Waals surface area contributed by atoms with Crippen LogP contribution >= 0.6 is 36.2 Å². The van der Waals surface area contributed by atoms with E-state index in [1.165, 1.54) is 0 Å². The molecule has 2 N–H and O–H groups in total. The van der Waals surface area contributed by atoms with Crippen molar-refractivity contribution in [2.24, 2.45) is 4.99 Å². The molecule has 2 aliphatic rings. The van der Waals surface area contributed by atoms with Crippen molar-refractivity contribution in [3.63, 3.8) is 0 Å². The van der Waals surface area contributed by atoms with Gasteiger partial charge in [-0.25, -0.2) is 10.4 Å². The van der Waals surface area contributed by atoms with Crippen LogP contribution in [0.25, 0.3) is 10.6 Å². The van der Waals surface area contributed by atoms with Crippen LogP contribution in [-0.2, 0) is 0 Å². The molecule has 22 heavy (non-hydrogen) atoms. The highest BCUT2D eigenvalue weighted by atomic mass is 35.5. The van der Waals surface area contributed by atoms with Crippen molar-refractivity contribution in [1.29, 1.82) is 0 Å². The fourth-order valence-electron chi connectivity index (χ4n) is 2.27. The molecule has 2 aromatic heterocycles. The zero-order valence-electron chi connectivity index (χ0n) is 11.3. The lowest BCUT2D eigenvalue weighted by molar-refractivity contribution is 0.308. The topological polar surface area (TPSA) is 65.4 Å². The lowest BCUT2D eigenvalue weighted by atomic mass is 10.3. The molecule has 9 heteroatoms. The second-order valence-corrected chi connectivity index (χ2v) is 5.34. The third kappa shape index (κ3) is 2.93. The predicted molar refractivity (Wildman–Crippen MR) is 92.1 cm³/mol. The lowest BCUT2D eigenvalue weighted by Crippen LogP contribution is -2.30. The van der Waals surface area contributed by atoms with Gasteiger partial charge in [0.1, 0.15) is 17.0 Å². The Labute approximate surface area is 144 Å². The maximum atomic E-state index is 4.73. The number of halogens is 2. The minimum absolute atomic E-state index is 0. The van der Waals surface area contributed by atoms with Crippen LogP contribution in [0.4, 0.5) is 0 Å². The quantitative estimate of drug-likeness (QED) is 0.864. The SMILES string of the molecule is C1=NC=C2NNC(c3csc(-c4ccncc4)n3)N2C1.Cl.Cl. The number of thiazole rings is 1. The number of nitrogens with zero attached hydrogens (tertiary/aromatic N) is 4. The molecule has 0 amide bonds. The fraction of sp³-hybridized carbons (Fsp3) is 0.154. The first kappa shape index (κ1) is 16.7. The van der Waals surface area contributed by atoms with E-state index in [-0.39, 0.29) is 31.0 Å². The summed E-state index contributed by atoms with van der Waals surface area (Å²) in [6, 6.07) is 3.95. The molecule has 1 fully saturated rings. The molecule has 1 unspecified atom stereocenters. The minimum atomic E-state index is 0. The third-order valence-electron chi connectivity index (χ3n) is 3.27. The minimum Gasteiger partial charge on any atom is -0.328 e. The van der Waals surface area contributed by atoms with Crippen LogP contribution in [-0.4, -0.2) is 27.6 Å². The number of hydrogen-bond acceptors (Lipinski definition) is 7. The maximum absolute atomic E-state index is 4.73. The molecule has 0 bridgehead atoms. The monoisotopic (exact) mass is 356 g/mol. The van der Waals surface area contributed by atoms with E-state index in [4.69, 9.17) is 4.98 Å². The number of pyridine rings is 1. The van der Waals surface area contributed by atoms with E-state index in [0.29, 0.717) is 0 Å². The van der Waals surface area contributed by atoms with Gasteiger partial charge in [0, 0.05) is 29.6 Å². The van der Waals surface area contributed by atoms with Gasteiger partial charge >= 0.3 is 0 Å². The second kappa shape index (κ2) is 7.06. The molecule has 0 aromatic carbocycles. The van der Waals surface area contributed by atoms with Crippen LogP contribution in [0.1, 0.15) is 11.9 Å². The van der Waals surface area contributed by atoms with Crippen LogP contribution in [0.15, 0.2) is 46.9 Å². The van der Waals surface area contributed by atoms with Crippen molar-refractivity contribution >= 4 is 42.4 Å². The fourth-order valence-corrected chi connectivity index (χ4v) is 3.12. The average Bonchev–Trinajstić information content (AvgIpc) is 3.14. The Bertz CT molecular complexity index is 687. The lowest BCUT2D eigenvalue weighted by Gasteiger charge is -2.23. The molecule has 1 saturated heterocycles. The van der Waals surface area contributed by atoms with Gasteiger partial charge in [-0.15, -0.1) is 36.2 Å². The molecule has 4 rings (SSSR count). The maximum Gasteiger partial charge on any atom is 0.142 e. The molecular weight excluding hydrogens is 343 g/mol. The Balaban J connectivity index is 0.000000882. The summed E-state index contributed by atoms with van der Waals surface area (Å²) in [6.45, 7) is 0.776. The predicted octanol–water partition coefficient (Wildman–Crippen LogP) is 2.34. The first-order valence-corrected chi connectivity index (χ1v) is 7.15. The van der Waals surface area contributed by atoms with Gasteiger partial charge < -0.3 is 10.3 Å². The van der Waals surface area contributed by atoms with Crippen LogP contribution in [0.2, 0.25) is 0 Å². The zero-order chi connectivity index (χ0) is 13.4. The number of aliphatic imine (C=N–C) groups is 1. The van der Waals surface area contributed by atoms with E-state index < -0.39 is 0 Å². The normalized spacial score (nSPS) is 18.6. The molecule has 0 spiro atoms. The molecule has 6 nitrogen and oxygen atoms in total. The molecule has 0 aliphatic carbocycles. The van der Waals surface area contributed by atoms with Crippen LogP contribution in [0.3, 0.4) is 0 Å². The first-order valence-electron chi connectivity index (χ1n) is 6.27. The van der Waals surface area contributed by atoms with Crippen molar-refractivity contribution in [3.05, 3.63) is 47.6 Å². The second-order valence-electron chi connectivity index (χ2n) is 4.48.